The number of rotatable bonds is 8. The van der Waals surface area contributed by atoms with Crippen LogP contribution in [0.3, 0.4) is 0 Å². The summed E-state index contributed by atoms with van der Waals surface area (Å²) in [4.78, 5) is 31.5. The van der Waals surface area contributed by atoms with Crippen molar-refractivity contribution in [3.8, 4) is 0 Å². The van der Waals surface area contributed by atoms with Crippen molar-refractivity contribution in [1.82, 2.24) is 19.5 Å². The largest absolute Gasteiger partial charge is 0.388 e. The lowest BCUT2D eigenvalue weighted by Crippen LogP contribution is -2.40. The van der Waals surface area contributed by atoms with E-state index in [1.807, 2.05) is 0 Å². The summed E-state index contributed by atoms with van der Waals surface area (Å²) in [6.07, 6.45) is -3.95. The minimum atomic E-state index is -4.49. The molecule has 0 radical (unpaired) electrons. The van der Waals surface area contributed by atoms with E-state index in [4.69, 9.17) is 21.5 Å². The standard InChI is InChI=1S/C19H28FN4O8PS/c1-5-18(3,32-33(29,30)19(4,28)6-2)7-10-11(25)12(26)16(31-10)24-8-9-14(23-17(24)34)22-15(27)13(20)21-9/h8,10-12,16,25-26,28H,5-7H2,1-4H3,(H,29,30)(H,22,23,27,34). The topological polar surface area (TPSA) is 180 Å². The molecule has 190 valence electrons. The van der Waals surface area contributed by atoms with Crippen LogP contribution < -0.4 is 5.56 Å². The molecule has 1 aliphatic rings. The van der Waals surface area contributed by atoms with Crippen LogP contribution in [0.5, 0.6) is 0 Å². The van der Waals surface area contributed by atoms with Crippen LogP contribution in [0.25, 0.3) is 11.2 Å². The lowest BCUT2D eigenvalue weighted by molar-refractivity contribution is -0.0707. The van der Waals surface area contributed by atoms with E-state index < -0.39 is 54.6 Å². The van der Waals surface area contributed by atoms with Crippen LogP contribution in [0.15, 0.2) is 11.0 Å². The molecule has 1 aliphatic heterocycles. The molecule has 34 heavy (non-hydrogen) atoms. The number of ether oxygens (including phenoxy) is 1. The van der Waals surface area contributed by atoms with Crippen LogP contribution in [0.1, 0.15) is 53.2 Å². The molecular formula is C19H28FN4O8PS. The van der Waals surface area contributed by atoms with Gasteiger partial charge in [-0.2, -0.15) is 9.37 Å². The van der Waals surface area contributed by atoms with Crippen LogP contribution in [0, 0.1) is 10.7 Å². The highest BCUT2D eigenvalue weighted by molar-refractivity contribution is 7.71. The van der Waals surface area contributed by atoms with Gasteiger partial charge in [-0.1, -0.05) is 13.8 Å². The molecule has 7 unspecified atom stereocenters. The molecule has 1 saturated heterocycles. The van der Waals surface area contributed by atoms with Gasteiger partial charge < -0.3 is 34.5 Å². The smallest absolute Gasteiger partial charge is 0.359 e. The minimum Gasteiger partial charge on any atom is -0.388 e. The molecule has 7 atom stereocenters. The third kappa shape index (κ3) is 5.00. The molecule has 0 aromatic carbocycles. The second-order valence-electron chi connectivity index (χ2n) is 8.76. The molecule has 0 bridgehead atoms. The van der Waals surface area contributed by atoms with Crippen molar-refractivity contribution in [2.75, 3.05) is 0 Å². The maximum Gasteiger partial charge on any atom is 0.359 e. The number of hydrogen-bond donors (Lipinski definition) is 5. The average Bonchev–Trinajstić information content (AvgIpc) is 3.02. The van der Waals surface area contributed by atoms with Gasteiger partial charge in [0, 0.05) is 12.6 Å². The zero-order valence-electron chi connectivity index (χ0n) is 19.0. The first-order valence-corrected chi connectivity index (χ1v) is 12.6. The van der Waals surface area contributed by atoms with Crippen LogP contribution in [-0.4, -0.2) is 69.0 Å². The Bertz CT molecular complexity index is 1240. The summed E-state index contributed by atoms with van der Waals surface area (Å²) in [6, 6.07) is 0. The minimum absolute atomic E-state index is 0.0307. The number of nitrogens with one attached hydrogen (secondary N) is 1. The zero-order chi connectivity index (χ0) is 25.6. The number of aromatic amines is 1. The van der Waals surface area contributed by atoms with Crippen molar-refractivity contribution < 1.29 is 38.4 Å². The number of nitrogens with zero attached hydrogens (tertiary/aromatic N) is 3. The van der Waals surface area contributed by atoms with Crippen molar-refractivity contribution in [1.29, 1.82) is 0 Å². The van der Waals surface area contributed by atoms with Gasteiger partial charge in [-0.3, -0.25) is 13.9 Å². The summed E-state index contributed by atoms with van der Waals surface area (Å²) in [6.45, 7) is 5.96. The Morgan fingerprint density at radius 1 is 1.29 bits per heavy atom. The number of aromatic nitrogens is 4. The Labute approximate surface area is 198 Å². The Kier molecular flexibility index (Phi) is 7.48. The summed E-state index contributed by atoms with van der Waals surface area (Å²) in [7, 11) is -4.49. The monoisotopic (exact) mass is 522 g/mol. The fourth-order valence-electron chi connectivity index (χ4n) is 3.53. The van der Waals surface area contributed by atoms with Gasteiger partial charge in [0.25, 0.3) is 5.95 Å². The first-order valence-electron chi connectivity index (χ1n) is 10.6. The lowest BCUT2D eigenvalue weighted by atomic mass is 9.93. The first-order chi connectivity index (χ1) is 15.6. The molecule has 12 nitrogen and oxygen atoms in total. The second-order valence-corrected chi connectivity index (χ2v) is 11.3. The van der Waals surface area contributed by atoms with E-state index in [0.717, 1.165) is 0 Å². The molecule has 0 aliphatic carbocycles. The predicted octanol–water partition coefficient (Wildman–Crippen LogP) is 1.49. The van der Waals surface area contributed by atoms with Crippen LogP contribution in [0.4, 0.5) is 4.39 Å². The fourth-order valence-corrected chi connectivity index (χ4v) is 5.17. The van der Waals surface area contributed by atoms with E-state index in [1.54, 1.807) is 6.92 Å². The third-order valence-electron chi connectivity index (χ3n) is 6.19. The SMILES string of the molecule is CCC(C)(CC1OC(n2cc3nc(F)c(=O)[nH]c3nc2=S)C(O)C1O)OP(=O)(O)C(C)(O)CC. The van der Waals surface area contributed by atoms with Gasteiger partial charge in [-0.25, -0.2) is 4.98 Å². The van der Waals surface area contributed by atoms with Gasteiger partial charge in [0.05, 0.1) is 11.7 Å². The molecule has 2 aromatic heterocycles. The summed E-state index contributed by atoms with van der Waals surface area (Å²) >= 11 is 5.19. The molecule has 2 aromatic rings. The van der Waals surface area contributed by atoms with E-state index in [2.05, 4.69) is 15.0 Å². The van der Waals surface area contributed by atoms with Crippen LogP contribution in [-0.2, 0) is 13.8 Å². The van der Waals surface area contributed by atoms with Gasteiger partial charge >= 0.3 is 13.2 Å². The summed E-state index contributed by atoms with van der Waals surface area (Å²) in [5.41, 5.74) is -2.51. The van der Waals surface area contributed by atoms with E-state index >= 15 is 0 Å². The molecule has 0 spiro atoms. The van der Waals surface area contributed by atoms with Crippen molar-refractivity contribution >= 4 is 31.0 Å². The molecule has 15 heteroatoms. The number of fused-ring (bicyclic) bond motifs is 1. The van der Waals surface area contributed by atoms with Crippen molar-refractivity contribution in [3.05, 3.63) is 27.3 Å². The van der Waals surface area contributed by atoms with Crippen molar-refractivity contribution in [2.24, 2.45) is 0 Å². The van der Waals surface area contributed by atoms with E-state index in [1.165, 1.54) is 31.5 Å². The number of hydrogen-bond acceptors (Lipinski definition) is 10. The quantitative estimate of drug-likeness (QED) is 0.250. The normalized spacial score (nSPS) is 28.4. The highest BCUT2D eigenvalue weighted by Gasteiger charge is 2.50. The third-order valence-corrected chi connectivity index (χ3v) is 8.71. The molecule has 3 rings (SSSR count). The lowest BCUT2D eigenvalue weighted by Gasteiger charge is -2.37. The molecular weight excluding hydrogens is 494 g/mol. The average molecular weight is 522 g/mol. The highest BCUT2D eigenvalue weighted by Crippen LogP contribution is 2.59. The van der Waals surface area contributed by atoms with Crippen molar-refractivity contribution in [3.63, 3.8) is 0 Å². The Balaban J connectivity index is 1.89. The first kappa shape index (κ1) is 27.0. The Morgan fingerprint density at radius 2 is 1.94 bits per heavy atom. The van der Waals surface area contributed by atoms with Crippen LogP contribution >= 0.6 is 19.8 Å². The Morgan fingerprint density at radius 3 is 2.53 bits per heavy atom. The predicted molar refractivity (Wildman–Crippen MR) is 120 cm³/mol. The zero-order valence-corrected chi connectivity index (χ0v) is 20.7. The second kappa shape index (κ2) is 9.43. The van der Waals surface area contributed by atoms with Crippen LogP contribution in [0.2, 0.25) is 0 Å². The molecule has 0 amide bonds. The summed E-state index contributed by atoms with van der Waals surface area (Å²) < 4.78 is 38.7. The molecule has 5 N–H and O–H groups in total. The van der Waals surface area contributed by atoms with E-state index in [-0.39, 0.29) is 35.2 Å². The van der Waals surface area contributed by atoms with Gasteiger partial charge in [0.15, 0.2) is 17.2 Å². The van der Waals surface area contributed by atoms with Gasteiger partial charge in [0.2, 0.25) is 4.77 Å². The van der Waals surface area contributed by atoms with E-state index in [9.17, 15) is 34.0 Å². The molecule has 3 heterocycles. The molecule has 1 fully saturated rings. The Hall–Kier alpha value is -1.64. The maximum absolute atomic E-state index is 13.6. The summed E-state index contributed by atoms with van der Waals surface area (Å²) in [5, 5.41) is 29.6. The van der Waals surface area contributed by atoms with Gasteiger partial charge in [-0.05, 0) is 38.9 Å². The van der Waals surface area contributed by atoms with Crippen molar-refractivity contribution in [2.45, 2.75) is 82.4 Å². The number of halogens is 1. The van der Waals surface area contributed by atoms with Gasteiger partial charge in [-0.15, -0.1) is 0 Å². The van der Waals surface area contributed by atoms with E-state index in [0.29, 0.717) is 0 Å². The highest BCUT2D eigenvalue weighted by atomic mass is 32.1. The van der Waals surface area contributed by atoms with Gasteiger partial charge in [0.1, 0.15) is 17.7 Å². The number of H-pyrrole nitrogens is 1. The summed E-state index contributed by atoms with van der Waals surface area (Å²) in [5.74, 6) is -1.28. The molecule has 0 saturated carbocycles. The number of aliphatic hydroxyl groups is 3. The number of aliphatic hydroxyl groups excluding tert-OH is 2. The maximum atomic E-state index is 13.6. The fraction of sp³-hybridized carbons (Fsp3) is 0.684.